The second kappa shape index (κ2) is 3.35. The molecule has 0 aliphatic carbocycles. The van der Waals surface area contributed by atoms with Gasteiger partial charge in [-0.25, -0.2) is 0 Å². The Kier molecular flexibility index (Phi) is 2.49. The molecule has 1 aromatic rings. The number of halogens is 2. The van der Waals surface area contributed by atoms with Gasteiger partial charge in [-0.05, 0) is 23.8 Å². The molecule has 4 heteroatoms. The molecule has 2 rings (SSSR count). The lowest BCUT2D eigenvalue weighted by molar-refractivity contribution is -0.184. The second-order valence-electron chi connectivity index (χ2n) is 3.18. The molecule has 0 radical (unpaired) electrons. The first-order valence-corrected chi connectivity index (χ1v) is 5.45. The molecule has 1 N–H and O–H groups in total. The molecular weight excluding hydrogens is 300 g/mol. The predicted molar refractivity (Wildman–Crippen MR) is 56.6 cm³/mol. The molecule has 0 unspecified atom stereocenters. The highest BCUT2D eigenvalue weighted by molar-refractivity contribution is 9.11. The van der Waals surface area contributed by atoms with E-state index >= 15 is 0 Å². The van der Waals surface area contributed by atoms with Gasteiger partial charge in [0.15, 0.2) is 0 Å². The summed E-state index contributed by atoms with van der Waals surface area (Å²) in [5.41, 5.74) is 0.103. The zero-order chi connectivity index (χ0) is 9.47. The third kappa shape index (κ3) is 1.81. The molecule has 0 bridgehead atoms. The second-order valence-corrected chi connectivity index (χ2v) is 5.01. The number of rotatable bonds is 1. The van der Waals surface area contributed by atoms with E-state index in [1.165, 1.54) is 0 Å². The number of hydrogen-bond acceptors (Lipinski definition) is 2. The molecule has 1 heterocycles. The summed E-state index contributed by atoms with van der Waals surface area (Å²) in [6.07, 6.45) is 0. The van der Waals surface area contributed by atoms with Crippen molar-refractivity contribution in [3.05, 3.63) is 32.7 Å². The van der Waals surface area contributed by atoms with Crippen molar-refractivity contribution in [1.29, 1.82) is 0 Å². The molecule has 1 saturated heterocycles. The van der Waals surface area contributed by atoms with Crippen molar-refractivity contribution in [2.75, 3.05) is 13.2 Å². The Hall–Kier alpha value is 0.1000. The van der Waals surface area contributed by atoms with Crippen LogP contribution in [0.25, 0.3) is 0 Å². The van der Waals surface area contributed by atoms with E-state index in [2.05, 4.69) is 31.9 Å². The predicted octanol–water partition coefficient (Wildman–Crippen LogP) is 2.43. The molecule has 13 heavy (non-hydrogen) atoms. The summed E-state index contributed by atoms with van der Waals surface area (Å²) in [5, 5.41) is 9.96. The first kappa shape index (κ1) is 9.65. The fraction of sp³-hybridized carbons (Fsp3) is 0.333. The highest BCUT2D eigenvalue weighted by Gasteiger charge is 2.38. The van der Waals surface area contributed by atoms with E-state index in [4.69, 9.17) is 4.74 Å². The summed E-state index contributed by atoms with van der Waals surface area (Å²) < 4.78 is 6.90. The van der Waals surface area contributed by atoms with Crippen LogP contribution in [0, 0.1) is 0 Å². The third-order valence-electron chi connectivity index (χ3n) is 2.08. The average molecular weight is 308 g/mol. The van der Waals surface area contributed by atoms with Gasteiger partial charge in [-0.3, -0.25) is 0 Å². The van der Waals surface area contributed by atoms with Crippen LogP contribution in [0.2, 0.25) is 0 Å². The lowest BCUT2D eigenvalue weighted by Gasteiger charge is -2.36. The van der Waals surface area contributed by atoms with Crippen molar-refractivity contribution in [3.63, 3.8) is 0 Å². The fourth-order valence-corrected chi connectivity index (χ4v) is 2.58. The number of hydrogen-bond donors (Lipinski definition) is 1. The van der Waals surface area contributed by atoms with Crippen LogP contribution in [0.15, 0.2) is 27.1 Å². The third-order valence-corrected chi connectivity index (χ3v) is 3.00. The maximum atomic E-state index is 9.96. The maximum absolute atomic E-state index is 9.96. The Morgan fingerprint density at radius 1 is 1.15 bits per heavy atom. The number of benzene rings is 1. The number of aliphatic hydroxyl groups is 1. The van der Waals surface area contributed by atoms with Gasteiger partial charge in [-0.15, -0.1) is 0 Å². The molecule has 1 aliphatic rings. The molecule has 1 aliphatic heterocycles. The Morgan fingerprint density at radius 3 is 2.08 bits per heavy atom. The summed E-state index contributed by atoms with van der Waals surface area (Å²) in [6.45, 7) is 0.770. The zero-order valence-electron chi connectivity index (χ0n) is 6.76. The van der Waals surface area contributed by atoms with E-state index in [9.17, 15) is 5.11 Å². The summed E-state index contributed by atoms with van der Waals surface area (Å²) >= 11 is 6.75. The minimum atomic E-state index is -0.785. The molecule has 0 spiro atoms. The van der Waals surface area contributed by atoms with Gasteiger partial charge in [-0.1, -0.05) is 31.9 Å². The van der Waals surface area contributed by atoms with Crippen molar-refractivity contribution < 1.29 is 9.84 Å². The topological polar surface area (TPSA) is 29.5 Å². The highest BCUT2D eigenvalue weighted by atomic mass is 79.9. The quantitative estimate of drug-likeness (QED) is 0.863. The van der Waals surface area contributed by atoms with Crippen LogP contribution in [0.4, 0.5) is 0 Å². The smallest absolute Gasteiger partial charge is 0.136 e. The largest absolute Gasteiger partial charge is 0.380 e. The Morgan fingerprint density at radius 2 is 1.69 bits per heavy atom. The molecule has 2 nitrogen and oxygen atoms in total. The van der Waals surface area contributed by atoms with E-state index in [0.717, 1.165) is 14.5 Å². The molecular formula is C9H8Br2O2. The van der Waals surface area contributed by atoms with E-state index in [1.807, 2.05) is 18.2 Å². The average Bonchev–Trinajstić information content (AvgIpc) is 1.98. The van der Waals surface area contributed by atoms with Crippen LogP contribution >= 0.6 is 31.9 Å². The fourth-order valence-electron chi connectivity index (χ4n) is 1.28. The summed E-state index contributed by atoms with van der Waals surface area (Å²) in [5.74, 6) is 0. The van der Waals surface area contributed by atoms with Crippen LogP contribution in [-0.4, -0.2) is 18.3 Å². The summed E-state index contributed by atoms with van der Waals surface area (Å²) in [7, 11) is 0. The van der Waals surface area contributed by atoms with Gasteiger partial charge in [0.25, 0.3) is 0 Å². The normalized spacial score (nSPS) is 19.6. The van der Waals surface area contributed by atoms with E-state index in [-0.39, 0.29) is 0 Å². The van der Waals surface area contributed by atoms with Crippen LogP contribution in [0.1, 0.15) is 5.56 Å². The molecule has 0 aromatic heterocycles. The standard InChI is InChI=1S/C9H8Br2O2/c10-7-1-6(2-8(11)3-7)9(12)4-13-5-9/h1-3,12H,4-5H2. The van der Waals surface area contributed by atoms with Crippen molar-refractivity contribution in [2.24, 2.45) is 0 Å². The van der Waals surface area contributed by atoms with E-state index < -0.39 is 5.60 Å². The molecule has 1 fully saturated rings. The maximum Gasteiger partial charge on any atom is 0.136 e. The Bertz CT molecular complexity index is 314. The molecule has 0 atom stereocenters. The van der Waals surface area contributed by atoms with Gasteiger partial charge in [0.2, 0.25) is 0 Å². The Labute approximate surface area is 93.2 Å². The minimum Gasteiger partial charge on any atom is -0.380 e. The zero-order valence-corrected chi connectivity index (χ0v) is 9.93. The Balaban J connectivity index is 2.39. The van der Waals surface area contributed by atoms with Gasteiger partial charge in [0.05, 0.1) is 13.2 Å². The van der Waals surface area contributed by atoms with Crippen molar-refractivity contribution in [2.45, 2.75) is 5.60 Å². The summed E-state index contributed by atoms with van der Waals surface area (Å²) in [6, 6.07) is 5.76. The van der Waals surface area contributed by atoms with Gasteiger partial charge in [-0.2, -0.15) is 0 Å². The van der Waals surface area contributed by atoms with Gasteiger partial charge in [0.1, 0.15) is 5.60 Å². The van der Waals surface area contributed by atoms with Crippen molar-refractivity contribution >= 4 is 31.9 Å². The van der Waals surface area contributed by atoms with Crippen LogP contribution in [0.5, 0.6) is 0 Å². The van der Waals surface area contributed by atoms with E-state index in [1.54, 1.807) is 0 Å². The lowest BCUT2D eigenvalue weighted by Crippen LogP contribution is -2.46. The van der Waals surface area contributed by atoms with Crippen LogP contribution < -0.4 is 0 Å². The van der Waals surface area contributed by atoms with Crippen LogP contribution in [-0.2, 0) is 10.3 Å². The monoisotopic (exact) mass is 306 g/mol. The van der Waals surface area contributed by atoms with Crippen molar-refractivity contribution in [1.82, 2.24) is 0 Å². The van der Waals surface area contributed by atoms with Crippen LogP contribution in [0.3, 0.4) is 0 Å². The first-order chi connectivity index (χ1) is 6.10. The molecule has 0 saturated carbocycles. The number of ether oxygens (including phenoxy) is 1. The first-order valence-electron chi connectivity index (χ1n) is 3.87. The van der Waals surface area contributed by atoms with Gasteiger partial charge < -0.3 is 9.84 Å². The van der Waals surface area contributed by atoms with Gasteiger partial charge in [0, 0.05) is 8.95 Å². The van der Waals surface area contributed by atoms with Crippen molar-refractivity contribution in [3.8, 4) is 0 Å². The molecule has 70 valence electrons. The van der Waals surface area contributed by atoms with Gasteiger partial charge >= 0.3 is 0 Å². The lowest BCUT2D eigenvalue weighted by atomic mass is 9.92. The molecule has 1 aromatic carbocycles. The van der Waals surface area contributed by atoms with E-state index in [0.29, 0.717) is 13.2 Å². The highest BCUT2D eigenvalue weighted by Crippen LogP contribution is 2.32. The minimum absolute atomic E-state index is 0.385. The molecule has 0 amide bonds. The SMILES string of the molecule is OC1(c2cc(Br)cc(Br)c2)COC1. The summed E-state index contributed by atoms with van der Waals surface area (Å²) in [4.78, 5) is 0.